The molecule has 1 aliphatic heterocycles. The molecule has 0 fully saturated rings. The van der Waals surface area contributed by atoms with E-state index >= 15 is 0 Å². The molecule has 1 aliphatic rings. The van der Waals surface area contributed by atoms with E-state index in [1.807, 2.05) is 24.4 Å². The zero-order valence-electron chi connectivity index (χ0n) is 6.32. The van der Waals surface area contributed by atoms with Gasteiger partial charge in [0.1, 0.15) is 0 Å². The van der Waals surface area contributed by atoms with Gasteiger partial charge in [0.2, 0.25) is 0 Å². The van der Waals surface area contributed by atoms with Crippen LogP contribution >= 0.6 is 11.9 Å². The van der Waals surface area contributed by atoms with Crippen LogP contribution in [0.25, 0.3) is 0 Å². The van der Waals surface area contributed by atoms with Crippen LogP contribution < -0.4 is 0 Å². The van der Waals surface area contributed by atoms with Crippen LogP contribution in [-0.4, -0.2) is 6.21 Å². The van der Waals surface area contributed by atoms with Gasteiger partial charge < -0.3 is 0 Å². The smallest absolute Gasteiger partial charge is 0.0991 e. The molecule has 3 heteroatoms. The van der Waals surface area contributed by atoms with Gasteiger partial charge in [0.15, 0.2) is 0 Å². The van der Waals surface area contributed by atoms with Gasteiger partial charge in [-0.3, -0.25) is 0 Å². The van der Waals surface area contributed by atoms with Crippen molar-refractivity contribution < 1.29 is 0 Å². The van der Waals surface area contributed by atoms with Crippen LogP contribution in [0.1, 0.15) is 16.7 Å². The van der Waals surface area contributed by atoms with Gasteiger partial charge in [0.05, 0.1) is 11.6 Å². The van der Waals surface area contributed by atoms with Crippen LogP contribution in [0.3, 0.4) is 0 Å². The molecule has 1 heterocycles. The van der Waals surface area contributed by atoms with Gasteiger partial charge in [-0.1, -0.05) is 6.07 Å². The predicted molar refractivity (Wildman–Crippen MR) is 50.0 cm³/mol. The van der Waals surface area contributed by atoms with Crippen LogP contribution in [0.2, 0.25) is 0 Å². The van der Waals surface area contributed by atoms with E-state index in [9.17, 15) is 0 Å². The number of rotatable bonds is 0. The summed E-state index contributed by atoms with van der Waals surface area (Å²) in [5.74, 6) is 0.914. The van der Waals surface area contributed by atoms with E-state index in [4.69, 9.17) is 5.26 Å². The Labute approximate surface area is 75.1 Å². The molecule has 58 valence electrons. The molecule has 0 radical (unpaired) electrons. The maximum Gasteiger partial charge on any atom is 0.0991 e. The zero-order chi connectivity index (χ0) is 8.39. The fraction of sp³-hybridized carbons (Fsp3) is 0.111. The van der Waals surface area contributed by atoms with Gasteiger partial charge in [-0.25, -0.2) is 4.40 Å². The van der Waals surface area contributed by atoms with Gasteiger partial charge in [0.25, 0.3) is 0 Å². The van der Waals surface area contributed by atoms with Gasteiger partial charge in [0, 0.05) is 12.0 Å². The van der Waals surface area contributed by atoms with Gasteiger partial charge in [-0.15, -0.1) is 0 Å². The SMILES string of the molecule is N#Cc1ccc2c(c1)C=NSC2. The summed E-state index contributed by atoms with van der Waals surface area (Å²) >= 11 is 1.54. The van der Waals surface area contributed by atoms with E-state index < -0.39 is 0 Å². The normalized spacial score (nSPS) is 13.6. The summed E-state index contributed by atoms with van der Waals surface area (Å²) in [5.41, 5.74) is 3.04. The van der Waals surface area contributed by atoms with Crippen molar-refractivity contribution in [2.45, 2.75) is 5.75 Å². The molecule has 0 N–H and O–H groups in total. The minimum absolute atomic E-state index is 0.701. The average Bonchev–Trinajstić information content (AvgIpc) is 2.17. The second-order valence-corrected chi connectivity index (χ2v) is 3.29. The molecule has 2 rings (SSSR count). The van der Waals surface area contributed by atoms with Crippen LogP contribution in [0.5, 0.6) is 0 Å². The summed E-state index contributed by atoms with van der Waals surface area (Å²) < 4.78 is 4.08. The van der Waals surface area contributed by atoms with Crippen LogP contribution in [0.15, 0.2) is 22.6 Å². The van der Waals surface area contributed by atoms with Crippen molar-refractivity contribution >= 4 is 18.2 Å². The van der Waals surface area contributed by atoms with Crippen LogP contribution in [0, 0.1) is 11.3 Å². The Hall–Kier alpha value is -1.27. The molecule has 1 aromatic carbocycles. The first-order chi connectivity index (χ1) is 5.90. The summed E-state index contributed by atoms with van der Waals surface area (Å²) in [7, 11) is 0. The highest BCUT2D eigenvalue weighted by Gasteiger charge is 2.05. The van der Waals surface area contributed by atoms with Crippen LogP contribution in [-0.2, 0) is 5.75 Å². The molecule has 2 nitrogen and oxygen atoms in total. The third-order valence-electron chi connectivity index (χ3n) is 1.76. The van der Waals surface area contributed by atoms with Crippen molar-refractivity contribution in [3.8, 4) is 6.07 Å². The maximum absolute atomic E-state index is 8.64. The van der Waals surface area contributed by atoms with Gasteiger partial charge in [-0.2, -0.15) is 5.26 Å². The molecule has 0 atom stereocenters. The average molecular weight is 174 g/mol. The van der Waals surface area contributed by atoms with Gasteiger partial charge in [-0.05, 0) is 35.2 Å². The summed E-state index contributed by atoms with van der Waals surface area (Å²) in [6.45, 7) is 0. The largest absolute Gasteiger partial charge is 0.224 e. The highest BCUT2D eigenvalue weighted by Crippen LogP contribution is 2.21. The van der Waals surface area contributed by atoms with E-state index in [2.05, 4.69) is 10.5 Å². The lowest BCUT2D eigenvalue weighted by Gasteiger charge is -2.07. The molecular formula is C9H6N2S. The summed E-state index contributed by atoms with van der Waals surface area (Å²) in [6, 6.07) is 7.82. The molecule has 0 aromatic heterocycles. The Morgan fingerprint density at radius 1 is 1.50 bits per heavy atom. The summed E-state index contributed by atoms with van der Waals surface area (Å²) in [5, 5.41) is 8.64. The lowest BCUT2D eigenvalue weighted by atomic mass is 10.1. The molecule has 0 amide bonds. The van der Waals surface area contributed by atoms with E-state index in [0.717, 1.165) is 11.3 Å². The Kier molecular flexibility index (Phi) is 1.84. The Morgan fingerprint density at radius 2 is 2.42 bits per heavy atom. The molecule has 12 heavy (non-hydrogen) atoms. The van der Waals surface area contributed by atoms with Crippen LogP contribution in [0.4, 0.5) is 0 Å². The monoisotopic (exact) mass is 174 g/mol. The highest BCUT2D eigenvalue weighted by molar-refractivity contribution is 7.97. The summed E-state index contributed by atoms with van der Waals surface area (Å²) in [6.07, 6.45) is 1.81. The highest BCUT2D eigenvalue weighted by atomic mass is 32.2. The van der Waals surface area contributed by atoms with E-state index in [1.165, 1.54) is 17.5 Å². The lowest BCUT2D eigenvalue weighted by molar-refractivity contribution is 1.36. The molecule has 0 bridgehead atoms. The van der Waals surface area contributed by atoms with Crippen molar-refractivity contribution in [2.24, 2.45) is 4.40 Å². The third-order valence-corrected chi connectivity index (χ3v) is 2.46. The molecule has 0 saturated carbocycles. The fourth-order valence-corrected chi connectivity index (χ4v) is 1.78. The van der Waals surface area contributed by atoms with Gasteiger partial charge >= 0.3 is 0 Å². The number of hydrogen-bond donors (Lipinski definition) is 0. The third kappa shape index (κ3) is 1.21. The molecule has 0 aliphatic carbocycles. The molecular weight excluding hydrogens is 168 g/mol. The first kappa shape index (κ1) is 7.38. The number of benzene rings is 1. The fourth-order valence-electron chi connectivity index (χ4n) is 1.12. The first-order valence-corrected chi connectivity index (χ1v) is 4.53. The van der Waals surface area contributed by atoms with E-state index in [0.29, 0.717) is 5.56 Å². The first-order valence-electron chi connectivity index (χ1n) is 3.58. The maximum atomic E-state index is 8.64. The molecule has 0 unspecified atom stereocenters. The predicted octanol–water partition coefficient (Wildman–Crippen LogP) is 2.14. The van der Waals surface area contributed by atoms with Crippen molar-refractivity contribution in [2.75, 3.05) is 0 Å². The number of hydrogen-bond acceptors (Lipinski definition) is 3. The number of nitrogens with zero attached hydrogens (tertiary/aromatic N) is 2. The van der Waals surface area contributed by atoms with Crippen molar-refractivity contribution in [3.05, 3.63) is 34.9 Å². The minimum Gasteiger partial charge on any atom is -0.224 e. The zero-order valence-corrected chi connectivity index (χ0v) is 7.14. The Bertz CT molecular complexity index is 377. The topological polar surface area (TPSA) is 36.1 Å². The second-order valence-electron chi connectivity index (χ2n) is 2.53. The van der Waals surface area contributed by atoms with Crippen molar-refractivity contribution in [3.63, 3.8) is 0 Å². The number of fused-ring (bicyclic) bond motifs is 1. The molecule has 0 saturated heterocycles. The quantitative estimate of drug-likeness (QED) is 0.565. The Balaban J connectivity index is 2.53. The standard InChI is InChI=1S/C9H6N2S/c10-4-7-1-2-8-6-12-11-5-9(8)3-7/h1-3,5H,6H2. The minimum atomic E-state index is 0.701. The van der Waals surface area contributed by atoms with E-state index in [-0.39, 0.29) is 0 Å². The summed E-state index contributed by atoms with van der Waals surface area (Å²) in [4.78, 5) is 0. The Morgan fingerprint density at radius 3 is 3.25 bits per heavy atom. The van der Waals surface area contributed by atoms with Crippen molar-refractivity contribution in [1.82, 2.24) is 0 Å². The van der Waals surface area contributed by atoms with Crippen molar-refractivity contribution in [1.29, 1.82) is 5.26 Å². The number of nitriles is 1. The van der Waals surface area contributed by atoms with E-state index in [1.54, 1.807) is 0 Å². The second kappa shape index (κ2) is 3.00. The lowest BCUT2D eigenvalue weighted by Crippen LogP contribution is -1.95. The molecule has 0 spiro atoms. The molecule has 1 aromatic rings.